The van der Waals surface area contributed by atoms with Gasteiger partial charge in [0.05, 0.1) is 56.4 Å². The van der Waals surface area contributed by atoms with Gasteiger partial charge in [-0.1, -0.05) is 46.4 Å². The third-order valence-corrected chi connectivity index (χ3v) is 11.0. The van der Waals surface area contributed by atoms with Crippen LogP contribution in [0.5, 0.6) is 17.2 Å². The molecule has 31 heteroatoms. The number of esters is 2. The molecule has 8 aromatic rings. The van der Waals surface area contributed by atoms with E-state index in [9.17, 15) is 34.5 Å². The molecule has 4 aromatic carbocycles. The van der Waals surface area contributed by atoms with E-state index in [0.717, 1.165) is 23.6 Å². The maximum absolute atomic E-state index is 11.5. The number of methoxy groups -OCH3 is 2. The Balaban J connectivity index is 0. The van der Waals surface area contributed by atoms with E-state index in [0.29, 0.717) is 64.2 Å². The number of carboxylic acids is 2. The first kappa shape index (κ1) is 74.0. The molecular formula is C44H44BBr3Cl6ILiN4O14S. The molecule has 0 spiro atoms. The van der Waals surface area contributed by atoms with Gasteiger partial charge in [-0.2, -0.15) is 0 Å². The van der Waals surface area contributed by atoms with Gasteiger partial charge in [0.2, 0.25) is 9.23 Å². The van der Waals surface area contributed by atoms with E-state index >= 15 is 0 Å². The van der Waals surface area contributed by atoms with Crippen LogP contribution in [0.25, 0.3) is 43.6 Å². The number of carboxylic acid groups (broad SMARTS) is 2. The summed E-state index contributed by atoms with van der Waals surface area (Å²) < 4.78 is 25.1. The molecule has 404 valence electrons. The summed E-state index contributed by atoms with van der Waals surface area (Å²) in [5.41, 5.74) is 5.05. The molecule has 0 aliphatic carbocycles. The number of nitrogens with zero attached hydrogens (tertiary/aromatic N) is 4. The number of rotatable bonds is 4. The van der Waals surface area contributed by atoms with Crippen molar-refractivity contribution in [1.82, 2.24) is 18.3 Å². The first-order valence-corrected chi connectivity index (χ1v) is 26.6. The van der Waals surface area contributed by atoms with Crippen LogP contribution < -0.4 is 18.9 Å². The average Bonchev–Trinajstić information content (AvgIpc) is 4.02. The van der Waals surface area contributed by atoms with E-state index in [1.54, 1.807) is 48.5 Å². The third kappa shape index (κ3) is 20.3. The summed E-state index contributed by atoms with van der Waals surface area (Å²) in [5.74, 6) is -2.73. The van der Waals surface area contributed by atoms with E-state index in [1.165, 1.54) is 65.8 Å². The maximum atomic E-state index is 11.5. The Labute approximate surface area is 514 Å². The minimum absolute atomic E-state index is 0. The number of ether oxygens (including phenoxy) is 2. The number of carbonyl (C=O) groups is 4. The molecule has 0 saturated heterocycles. The molecule has 4 heterocycles. The summed E-state index contributed by atoms with van der Waals surface area (Å²) in [6.45, 7) is 1.97. The van der Waals surface area contributed by atoms with Crippen molar-refractivity contribution < 1.29 is 87.8 Å². The molecule has 4 aromatic heterocycles. The molecule has 0 bridgehead atoms. The van der Waals surface area contributed by atoms with Gasteiger partial charge in [-0.25, -0.2) is 23.4 Å². The number of hydrogen-bond acceptors (Lipinski definition) is 12. The average molecular weight is 1480 g/mol. The molecule has 7 N–H and O–H groups in total. The van der Waals surface area contributed by atoms with E-state index < -0.39 is 27.1 Å². The van der Waals surface area contributed by atoms with Crippen molar-refractivity contribution in [3.8, 4) is 17.2 Å². The molecule has 0 aliphatic heterocycles. The van der Waals surface area contributed by atoms with Crippen molar-refractivity contribution in [1.29, 1.82) is 0 Å². The van der Waals surface area contributed by atoms with Crippen molar-refractivity contribution in [2.45, 2.75) is 6.92 Å². The number of phenolic OH excluding ortho intramolecular Hbond substituents is 3. The molecular weight excluding hydrogens is 1440 g/mol. The van der Waals surface area contributed by atoms with Gasteiger partial charge < -0.3 is 63.9 Å². The molecule has 75 heavy (non-hydrogen) atoms. The summed E-state index contributed by atoms with van der Waals surface area (Å²) >= 11 is 33.2. The number of hydrogen-bond donors (Lipinski definition) is 6. The van der Waals surface area contributed by atoms with Gasteiger partial charge in [-0.15, -0.1) is 71.2 Å². The number of aliphatic hydroxyl groups excluding tert-OH is 1. The van der Waals surface area contributed by atoms with Crippen LogP contribution in [0.15, 0.2) is 72.8 Å². The standard InChI is InChI=1S/C12H12ClNO2.C11H10ClNO3.2C10H8ClNO3.CH4O.BBr3.Cl2OS.HI.Li.H2O/c1-7-4-9(13)8-6-11(12(15)16-3)14(2)10(8)5-7;1-13-9-4-6(14)3-8(12)7(9)5-10(13)11(15)16-2;2*1-12-8-3-5(13)2-7(11)6(8)4-9(12)10(14)15;1-2;2-1(3)4;1-4(2)3;;;/h4-6H,1-3H3;3-5,14H,1-2H3;2*2-4,13H,1H3,(H,14,15);2H,1H3;;;1H;;1H2/q;;;;;;;;+1;/p-1. The van der Waals surface area contributed by atoms with Gasteiger partial charge in [-0.3, -0.25) is 0 Å². The SMILES string of the molecule is BrB(Br)Br.CO.COC(=O)c1cc2c(Cl)cc(C)cc2n1C.COC(=O)c1cc2c(Cl)cc(O)cc2n1C.Cn1c(C(=O)O)cc2c(Cl)cc(O)cc21.Cn1c(C(=O)O)cc2c(Cl)cc(O)cc21.I.O=S(Cl)Cl.[Li+].[OH-]. The second kappa shape index (κ2) is 34.1. The number of aryl methyl sites for hydroxylation is 5. The minimum Gasteiger partial charge on any atom is -0.870 e. The van der Waals surface area contributed by atoms with Crippen LogP contribution in [-0.4, -0.2) is 107 Å². The first-order valence-electron chi connectivity index (χ1n) is 19.5. The predicted molar refractivity (Wildman–Crippen MR) is 316 cm³/mol. The van der Waals surface area contributed by atoms with Gasteiger partial charge in [0.15, 0.2) is 0 Å². The number of phenols is 3. The second-order valence-electron chi connectivity index (χ2n) is 14.1. The fourth-order valence-electron chi connectivity index (χ4n) is 6.65. The summed E-state index contributed by atoms with van der Waals surface area (Å²) in [6, 6.07) is 19.0. The smallest absolute Gasteiger partial charge is 0.870 e. The van der Waals surface area contributed by atoms with E-state index in [2.05, 4.69) is 73.4 Å². The second-order valence-corrected chi connectivity index (χ2v) is 24.7. The monoisotopic (exact) mass is 1480 g/mol. The van der Waals surface area contributed by atoms with Crippen LogP contribution in [0.4, 0.5) is 0 Å². The van der Waals surface area contributed by atoms with Gasteiger partial charge in [0.25, 0.3) is 0 Å². The predicted octanol–water partition coefficient (Wildman–Crippen LogP) is 9.97. The number of fused-ring (bicyclic) bond motifs is 4. The first-order chi connectivity index (χ1) is 33.6. The van der Waals surface area contributed by atoms with Crippen molar-refractivity contribution >= 4 is 219 Å². The maximum Gasteiger partial charge on any atom is 1.00 e. The van der Waals surface area contributed by atoms with Gasteiger partial charge in [0.1, 0.15) is 40.0 Å². The van der Waals surface area contributed by atoms with Crippen molar-refractivity contribution in [3.05, 3.63) is 121 Å². The molecule has 0 saturated carbocycles. The summed E-state index contributed by atoms with van der Waals surface area (Å²) in [7, 11) is 17.8. The number of benzene rings is 4. The van der Waals surface area contributed by atoms with Crippen molar-refractivity contribution in [2.24, 2.45) is 28.2 Å². The van der Waals surface area contributed by atoms with Gasteiger partial charge in [-0.05, 0) is 67.1 Å². The number of aromatic carboxylic acids is 2. The quantitative estimate of drug-likeness (QED) is 0.0414. The molecule has 0 fully saturated rings. The molecule has 0 unspecified atom stereocenters. The fraction of sp³-hybridized carbons (Fsp3) is 0.182. The Morgan fingerprint density at radius 2 is 0.733 bits per heavy atom. The van der Waals surface area contributed by atoms with Crippen LogP contribution in [0, 0.1) is 6.92 Å². The molecule has 0 radical (unpaired) electrons. The Bertz CT molecular complexity index is 3100. The molecule has 0 amide bonds. The zero-order valence-corrected chi connectivity index (χ0v) is 52.9. The number of carbonyl (C=O) groups excluding carboxylic acids is 2. The number of aliphatic hydroxyl groups is 1. The third-order valence-electron chi connectivity index (χ3n) is 9.77. The van der Waals surface area contributed by atoms with Gasteiger partial charge in [0, 0.05) is 96.4 Å². The summed E-state index contributed by atoms with van der Waals surface area (Å²) in [4.78, 5) is 44.7. The summed E-state index contributed by atoms with van der Waals surface area (Å²) in [6.07, 6.45) is 0. The van der Waals surface area contributed by atoms with Crippen LogP contribution >= 0.6 is 139 Å². The van der Waals surface area contributed by atoms with Crippen LogP contribution in [0.1, 0.15) is 47.5 Å². The minimum atomic E-state index is -1.67. The van der Waals surface area contributed by atoms with E-state index in [-0.39, 0.29) is 86.1 Å². The normalized spacial score (nSPS) is 9.80. The molecule has 0 atom stereocenters. The molecule has 18 nitrogen and oxygen atoms in total. The fourth-order valence-corrected chi connectivity index (χ4v) is 7.76. The Morgan fingerprint density at radius 3 is 0.973 bits per heavy atom. The Hall–Kier alpha value is -3.04. The molecule has 8 rings (SSSR count). The molecule has 0 aliphatic rings. The number of aromatic nitrogens is 4. The largest absolute Gasteiger partial charge is 1.00 e. The van der Waals surface area contributed by atoms with Crippen LogP contribution in [0.2, 0.25) is 20.1 Å². The van der Waals surface area contributed by atoms with E-state index in [1.807, 2.05) is 26.1 Å². The zero-order valence-electron chi connectivity index (χ0n) is 40.5. The van der Waals surface area contributed by atoms with Crippen LogP contribution in [-0.2, 0) is 46.9 Å². The van der Waals surface area contributed by atoms with Gasteiger partial charge >= 0.3 is 45.9 Å². The summed E-state index contributed by atoms with van der Waals surface area (Å²) in [5, 5.41) is 57.5. The van der Waals surface area contributed by atoms with E-state index in [4.69, 9.17) is 70.7 Å². The zero-order chi connectivity index (χ0) is 55.2. The topological polar surface area (TPSA) is 275 Å². The Kier molecular flexibility index (Phi) is 33.6. The Morgan fingerprint density at radius 1 is 0.520 bits per heavy atom. The number of aromatic hydroxyl groups is 3. The van der Waals surface area contributed by atoms with Crippen molar-refractivity contribution in [3.63, 3.8) is 0 Å². The number of halogens is 10. The van der Waals surface area contributed by atoms with Crippen molar-refractivity contribution in [2.75, 3.05) is 21.3 Å². The van der Waals surface area contributed by atoms with Crippen LogP contribution in [0.3, 0.4) is 0 Å².